The van der Waals surface area contributed by atoms with Gasteiger partial charge in [-0.2, -0.15) is 0 Å². The van der Waals surface area contributed by atoms with Crippen molar-refractivity contribution in [3.63, 3.8) is 0 Å². The van der Waals surface area contributed by atoms with Crippen molar-refractivity contribution < 1.29 is 10.0 Å². The summed E-state index contributed by atoms with van der Waals surface area (Å²) in [4.78, 5) is 14.8. The molecule has 17 heavy (non-hydrogen) atoms. The van der Waals surface area contributed by atoms with E-state index in [0.717, 1.165) is 22.9 Å². The quantitative estimate of drug-likeness (QED) is 0.466. The summed E-state index contributed by atoms with van der Waals surface area (Å²) in [6.07, 6.45) is 0.726. The van der Waals surface area contributed by atoms with E-state index < -0.39 is 0 Å². The Bertz CT molecular complexity index is 628. The van der Waals surface area contributed by atoms with E-state index in [1.807, 2.05) is 24.3 Å². The van der Waals surface area contributed by atoms with Gasteiger partial charge in [-0.15, -0.1) is 0 Å². The molecule has 1 aliphatic heterocycles. The minimum atomic E-state index is -0.349. The zero-order valence-electron chi connectivity index (χ0n) is 9.03. The van der Waals surface area contributed by atoms with E-state index >= 15 is 0 Å². The number of benzene rings is 1. The van der Waals surface area contributed by atoms with E-state index in [1.165, 1.54) is 0 Å². The molecule has 1 aromatic heterocycles. The molecule has 3 N–H and O–H groups in total. The Morgan fingerprint density at radius 1 is 1.29 bits per heavy atom. The van der Waals surface area contributed by atoms with Gasteiger partial charge in [0.05, 0.1) is 5.69 Å². The number of rotatable bonds is 0. The minimum Gasteiger partial charge on any atom is -0.410 e. The summed E-state index contributed by atoms with van der Waals surface area (Å²) in [5.41, 5.74) is 2.64. The Kier molecular flexibility index (Phi) is 2.11. The lowest BCUT2D eigenvalue weighted by Crippen LogP contribution is -2.30. The van der Waals surface area contributed by atoms with E-state index in [1.54, 1.807) is 0 Å². The fourth-order valence-corrected chi connectivity index (χ4v) is 2.26. The molecule has 0 saturated heterocycles. The molecule has 2 heterocycles. The van der Waals surface area contributed by atoms with Crippen molar-refractivity contribution >= 4 is 22.5 Å². The number of nitrogens with one attached hydrogen (secondary N) is 2. The molecule has 0 unspecified atom stereocenters. The van der Waals surface area contributed by atoms with Crippen molar-refractivity contribution in [2.45, 2.75) is 6.42 Å². The molecule has 0 atom stereocenters. The second kappa shape index (κ2) is 3.62. The first-order valence-corrected chi connectivity index (χ1v) is 5.41. The van der Waals surface area contributed by atoms with Crippen molar-refractivity contribution in [3.05, 3.63) is 35.5 Å². The number of hydrogen-bond acceptors (Lipinski definition) is 3. The molecule has 0 spiro atoms. The number of amides is 1. The Labute approximate surface area is 97.1 Å². The third kappa shape index (κ3) is 1.39. The Morgan fingerprint density at radius 3 is 2.94 bits per heavy atom. The SMILES string of the molecule is O=C1NCCc2c([nH]c3ccccc23)C1=NO. The van der Waals surface area contributed by atoms with E-state index in [2.05, 4.69) is 15.5 Å². The summed E-state index contributed by atoms with van der Waals surface area (Å²) in [5.74, 6) is -0.349. The maximum absolute atomic E-state index is 11.7. The lowest BCUT2D eigenvalue weighted by Gasteiger charge is -1.98. The number of hydrogen-bond donors (Lipinski definition) is 3. The number of oxime groups is 1. The highest BCUT2D eigenvalue weighted by Gasteiger charge is 2.24. The molecule has 86 valence electrons. The maximum Gasteiger partial charge on any atom is 0.275 e. The highest BCUT2D eigenvalue weighted by molar-refractivity contribution is 6.45. The number of para-hydroxylation sites is 1. The Hall–Kier alpha value is -2.30. The second-order valence-electron chi connectivity index (χ2n) is 3.98. The van der Waals surface area contributed by atoms with Crippen molar-refractivity contribution in [2.75, 3.05) is 6.54 Å². The largest absolute Gasteiger partial charge is 0.410 e. The van der Waals surface area contributed by atoms with Crippen LogP contribution in [0.25, 0.3) is 10.9 Å². The molecule has 3 rings (SSSR count). The molecule has 1 aliphatic rings. The topological polar surface area (TPSA) is 77.5 Å². The van der Waals surface area contributed by atoms with Crippen LogP contribution in [0.15, 0.2) is 29.4 Å². The molecule has 0 fully saturated rings. The summed E-state index contributed by atoms with van der Waals surface area (Å²) in [7, 11) is 0. The molecule has 2 aromatic rings. The standard InChI is InChI=1S/C12H11N3O2/c16-12-11(15-17)10-8(5-6-13-12)7-3-1-2-4-9(7)14-10/h1-4,14,17H,5-6H2,(H,13,16). The molecule has 5 nitrogen and oxygen atoms in total. The second-order valence-corrected chi connectivity index (χ2v) is 3.98. The highest BCUT2D eigenvalue weighted by atomic mass is 16.4. The number of carbonyl (C=O) groups excluding carboxylic acids is 1. The van der Waals surface area contributed by atoms with Gasteiger partial charge in [-0.3, -0.25) is 4.79 Å². The van der Waals surface area contributed by atoms with E-state index in [9.17, 15) is 4.79 Å². The molecule has 1 aromatic carbocycles. The number of aromatic amines is 1. The predicted octanol–water partition coefficient (Wildman–Crippen LogP) is 1.02. The van der Waals surface area contributed by atoms with E-state index in [4.69, 9.17) is 5.21 Å². The zero-order chi connectivity index (χ0) is 11.8. The molecular weight excluding hydrogens is 218 g/mol. The number of carbonyl (C=O) groups is 1. The Balaban J connectivity index is 2.32. The number of aromatic nitrogens is 1. The molecule has 5 heteroatoms. The van der Waals surface area contributed by atoms with Crippen LogP contribution in [0.5, 0.6) is 0 Å². The molecule has 0 bridgehead atoms. The van der Waals surface area contributed by atoms with Gasteiger partial charge in [0.15, 0.2) is 5.71 Å². The first-order chi connectivity index (χ1) is 8.31. The fraction of sp³-hybridized carbons (Fsp3) is 0.167. The molecular formula is C12H11N3O2. The molecule has 0 saturated carbocycles. The summed E-state index contributed by atoms with van der Waals surface area (Å²) in [6.45, 7) is 0.548. The van der Waals surface area contributed by atoms with Gasteiger partial charge in [-0.25, -0.2) is 0 Å². The average Bonchev–Trinajstić information content (AvgIpc) is 2.61. The van der Waals surface area contributed by atoms with Crippen molar-refractivity contribution in [2.24, 2.45) is 5.16 Å². The van der Waals surface area contributed by atoms with Gasteiger partial charge < -0.3 is 15.5 Å². The number of nitrogens with zero attached hydrogens (tertiary/aromatic N) is 1. The van der Waals surface area contributed by atoms with Crippen LogP contribution in [0, 0.1) is 0 Å². The third-order valence-corrected chi connectivity index (χ3v) is 3.03. The summed E-state index contributed by atoms with van der Waals surface area (Å²) in [5, 5.41) is 15.8. The minimum absolute atomic E-state index is 0.0497. The van der Waals surface area contributed by atoms with Gasteiger partial charge in [0.1, 0.15) is 0 Å². The lowest BCUT2D eigenvalue weighted by atomic mass is 10.1. The maximum atomic E-state index is 11.7. The molecule has 1 amide bonds. The first kappa shape index (κ1) is 9.89. The number of fused-ring (bicyclic) bond motifs is 3. The van der Waals surface area contributed by atoms with Gasteiger partial charge >= 0.3 is 0 Å². The van der Waals surface area contributed by atoms with E-state index in [-0.39, 0.29) is 11.6 Å². The van der Waals surface area contributed by atoms with Crippen LogP contribution >= 0.6 is 0 Å². The lowest BCUT2D eigenvalue weighted by molar-refractivity contribution is -0.114. The van der Waals surface area contributed by atoms with Gasteiger partial charge in [-0.05, 0) is 18.1 Å². The van der Waals surface area contributed by atoms with Crippen molar-refractivity contribution in [1.82, 2.24) is 10.3 Å². The summed E-state index contributed by atoms with van der Waals surface area (Å²) < 4.78 is 0. The normalized spacial score (nSPS) is 17.9. The van der Waals surface area contributed by atoms with Crippen LogP contribution in [0.1, 0.15) is 11.3 Å². The van der Waals surface area contributed by atoms with Gasteiger partial charge in [0.2, 0.25) is 0 Å². The van der Waals surface area contributed by atoms with Crippen molar-refractivity contribution in [1.29, 1.82) is 0 Å². The predicted molar refractivity (Wildman–Crippen MR) is 63.3 cm³/mol. The van der Waals surface area contributed by atoms with Crippen molar-refractivity contribution in [3.8, 4) is 0 Å². The van der Waals surface area contributed by atoms with Crippen LogP contribution in [-0.2, 0) is 11.2 Å². The fourth-order valence-electron chi connectivity index (χ4n) is 2.26. The summed E-state index contributed by atoms with van der Waals surface area (Å²) >= 11 is 0. The monoisotopic (exact) mass is 229 g/mol. The van der Waals surface area contributed by atoms with Crippen LogP contribution < -0.4 is 5.32 Å². The third-order valence-electron chi connectivity index (χ3n) is 3.03. The zero-order valence-corrected chi connectivity index (χ0v) is 9.03. The molecule has 0 aliphatic carbocycles. The molecule has 0 radical (unpaired) electrons. The van der Waals surface area contributed by atoms with Gasteiger partial charge in [0, 0.05) is 17.4 Å². The van der Waals surface area contributed by atoms with Crippen LogP contribution in [0.4, 0.5) is 0 Å². The van der Waals surface area contributed by atoms with Gasteiger partial charge in [-0.1, -0.05) is 23.4 Å². The Morgan fingerprint density at radius 2 is 2.12 bits per heavy atom. The van der Waals surface area contributed by atoms with Gasteiger partial charge in [0.25, 0.3) is 5.91 Å². The smallest absolute Gasteiger partial charge is 0.275 e. The van der Waals surface area contributed by atoms with E-state index in [0.29, 0.717) is 12.2 Å². The first-order valence-electron chi connectivity index (χ1n) is 5.41. The van der Waals surface area contributed by atoms with Crippen LogP contribution in [0.2, 0.25) is 0 Å². The van der Waals surface area contributed by atoms with Crippen LogP contribution in [-0.4, -0.2) is 28.4 Å². The highest BCUT2D eigenvalue weighted by Crippen LogP contribution is 2.24. The van der Waals surface area contributed by atoms with Crippen LogP contribution in [0.3, 0.4) is 0 Å². The number of H-pyrrole nitrogens is 1. The average molecular weight is 229 g/mol. The summed E-state index contributed by atoms with van der Waals surface area (Å²) in [6, 6.07) is 7.81.